The van der Waals surface area contributed by atoms with E-state index in [1.807, 2.05) is 0 Å². The van der Waals surface area contributed by atoms with E-state index in [0.29, 0.717) is 0 Å². The molecule has 1 fully saturated rings. The van der Waals surface area contributed by atoms with Gasteiger partial charge in [-0.05, 0) is 32.7 Å². The normalized spacial score (nSPS) is 16.6. The van der Waals surface area contributed by atoms with Gasteiger partial charge in [0.15, 0.2) is 0 Å². The van der Waals surface area contributed by atoms with Gasteiger partial charge in [0.25, 0.3) is 0 Å². The molecule has 1 aromatic heterocycles. The number of nitrogens with zero attached hydrogens (tertiary/aromatic N) is 2. The van der Waals surface area contributed by atoms with Crippen molar-refractivity contribution in [1.29, 1.82) is 0 Å². The lowest BCUT2D eigenvalue weighted by atomic mass is 10.0. The van der Waals surface area contributed by atoms with E-state index < -0.39 is 0 Å². The fourth-order valence-electron chi connectivity index (χ4n) is 3.06. The van der Waals surface area contributed by atoms with Crippen molar-refractivity contribution < 1.29 is 0 Å². The van der Waals surface area contributed by atoms with Crippen molar-refractivity contribution in [3.8, 4) is 0 Å². The maximum atomic E-state index is 4.70. The molecular formula is C15H27N3. The number of hydrogen-bond donors (Lipinski definition) is 1. The van der Waals surface area contributed by atoms with Crippen LogP contribution < -0.4 is 5.32 Å². The molecule has 0 unspecified atom stereocenters. The van der Waals surface area contributed by atoms with Crippen LogP contribution in [0.5, 0.6) is 0 Å². The van der Waals surface area contributed by atoms with E-state index in [-0.39, 0.29) is 0 Å². The number of aryl methyl sites for hydroxylation is 2. The van der Waals surface area contributed by atoms with Gasteiger partial charge in [0.05, 0.1) is 5.69 Å². The third kappa shape index (κ3) is 3.14. The highest BCUT2D eigenvalue weighted by Gasteiger charge is 2.16. The molecule has 0 aromatic carbocycles. The average Bonchev–Trinajstić information content (AvgIpc) is 2.95. The third-order valence-electron chi connectivity index (χ3n) is 4.31. The molecule has 1 saturated carbocycles. The van der Waals surface area contributed by atoms with Gasteiger partial charge < -0.3 is 5.32 Å². The van der Waals surface area contributed by atoms with Gasteiger partial charge in [-0.15, -0.1) is 0 Å². The summed E-state index contributed by atoms with van der Waals surface area (Å²) < 4.78 is 2.22. The molecule has 0 radical (unpaired) electrons. The number of nitrogens with one attached hydrogen (secondary N) is 1. The van der Waals surface area contributed by atoms with Crippen molar-refractivity contribution in [2.75, 3.05) is 6.54 Å². The summed E-state index contributed by atoms with van der Waals surface area (Å²) in [7, 11) is 0. The number of aromatic nitrogens is 2. The Bertz CT molecular complexity index is 375. The molecule has 1 aliphatic rings. The van der Waals surface area contributed by atoms with Crippen LogP contribution in [0.2, 0.25) is 0 Å². The van der Waals surface area contributed by atoms with Crippen LogP contribution in [0.1, 0.15) is 56.0 Å². The van der Waals surface area contributed by atoms with Crippen LogP contribution in [0.15, 0.2) is 0 Å². The molecule has 0 bridgehead atoms. The van der Waals surface area contributed by atoms with Crippen molar-refractivity contribution >= 4 is 0 Å². The van der Waals surface area contributed by atoms with E-state index in [9.17, 15) is 0 Å². The van der Waals surface area contributed by atoms with Gasteiger partial charge in [-0.3, -0.25) is 4.68 Å². The molecule has 0 aliphatic heterocycles. The van der Waals surface area contributed by atoms with Crippen molar-refractivity contribution in [2.45, 2.75) is 66.0 Å². The Morgan fingerprint density at radius 1 is 1.28 bits per heavy atom. The summed E-state index contributed by atoms with van der Waals surface area (Å²) in [5.74, 6) is 0.950. The maximum absolute atomic E-state index is 4.70. The predicted octanol–water partition coefficient (Wildman–Crippen LogP) is 3.19. The molecule has 0 atom stereocenters. The summed E-state index contributed by atoms with van der Waals surface area (Å²) in [6, 6.07) is 0. The minimum absolute atomic E-state index is 0.950. The summed E-state index contributed by atoms with van der Waals surface area (Å²) in [4.78, 5) is 0. The van der Waals surface area contributed by atoms with Gasteiger partial charge in [-0.2, -0.15) is 5.10 Å². The second kappa shape index (κ2) is 6.37. The Labute approximate surface area is 111 Å². The van der Waals surface area contributed by atoms with Crippen LogP contribution in [0.4, 0.5) is 0 Å². The quantitative estimate of drug-likeness (QED) is 0.839. The lowest BCUT2D eigenvalue weighted by Gasteiger charge is -2.10. The van der Waals surface area contributed by atoms with Crippen LogP contribution in [0, 0.1) is 19.8 Å². The van der Waals surface area contributed by atoms with Crippen molar-refractivity contribution in [3.63, 3.8) is 0 Å². The smallest absolute Gasteiger partial charge is 0.0641 e. The van der Waals surface area contributed by atoms with Crippen molar-refractivity contribution in [1.82, 2.24) is 15.1 Å². The lowest BCUT2D eigenvalue weighted by molar-refractivity contribution is 0.434. The highest BCUT2D eigenvalue weighted by Crippen LogP contribution is 2.28. The predicted molar refractivity (Wildman–Crippen MR) is 75.7 cm³/mol. The van der Waals surface area contributed by atoms with Gasteiger partial charge in [-0.25, -0.2) is 0 Å². The molecule has 3 heteroatoms. The highest BCUT2D eigenvalue weighted by atomic mass is 15.3. The number of rotatable bonds is 6. The largest absolute Gasteiger partial charge is 0.313 e. The Balaban J connectivity index is 1.95. The van der Waals surface area contributed by atoms with E-state index >= 15 is 0 Å². The molecule has 1 aromatic rings. The Hall–Kier alpha value is -0.830. The van der Waals surface area contributed by atoms with E-state index in [4.69, 9.17) is 5.10 Å². The molecule has 1 N–H and O–H groups in total. The first-order valence-electron chi connectivity index (χ1n) is 7.46. The maximum Gasteiger partial charge on any atom is 0.0641 e. The summed E-state index contributed by atoms with van der Waals surface area (Å²) in [6.45, 7) is 9.56. The molecule has 0 saturated heterocycles. The van der Waals surface area contributed by atoms with Gasteiger partial charge in [0.2, 0.25) is 0 Å². The second-order valence-corrected chi connectivity index (χ2v) is 5.59. The minimum atomic E-state index is 0.950. The lowest BCUT2D eigenvalue weighted by Crippen LogP contribution is -2.13. The van der Waals surface area contributed by atoms with Gasteiger partial charge in [-0.1, -0.05) is 32.6 Å². The molecular weight excluding hydrogens is 222 g/mol. The molecule has 2 rings (SSSR count). The van der Waals surface area contributed by atoms with Crippen LogP contribution >= 0.6 is 0 Å². The minimum Gasteiger partial charge on any atom is -0.313 e. The van der Waals surface area contributed by atoms with Crippen molar-refractivity contribution in [2.24, 2.45) is 5.92 Å². The molecule has 1 heterocycles. The summed E-state index contributed by atoms with van der Waals surface area (Å²) >= 11 is 0. The Morgan fingerprint density at radius 2 is 2.00 bits per heavy atom. The van der Waals surface area contributed by atoms with E-state index in [2.05, 4.69) is 30.8 Å². The van der Waals surface area contributed by atoms with E-state index in [1.165, 1.54) is 49.1 Å². The molecule has 0 amide bonds. The van der Waals surface area contributed by atoms with Gasteiger partial charge in [0.1, 0.15) is 0 Å². The number of hydrogen-bond acceptors (Lipinski definition) is 2. The third-order valence-corrected chi connectivity index (χ3v) is 4.31. The molecule has 1 aliphatic carbocycles. The fraction of sp³-hybridized carbons (Fsp3) is 0.800. The van der Waals surface area contributed by atoms with E-state index in [1.54, 1.807) is 0 Å². The average molecular weight is 249 g/mol. The zero-order valence-corrected chi connectivity index (χ0v) is 12.1. The fourth-order valence-corrected chi connectivity index (χ4v) is 3.06. The molecule has 3 nitrogen and oxygen atoms in total. The molecule has 0 spiro atoms. The van der Waals surface area contributed by atoms with E-state index in [0.717, 1.165) is 25.6 Å². The summed E-state index contributed by atoms with van der Waals surface area (Å²) in [6.07, 6.45) is 7.05. The van der Waals surface area contributed by atoms with Gasteiger partial charge >= 0.3 is 0 Å². The molecule has 102 valence electrons. The van der Waals surface area contributed by atoms with Crippen LogP contribution in [0.3, 0.4) is 0 Å². The first kappa shape index (κ1) is 13.6. The Kier molecular flexibility index (Phi) is 4.81. The highest BCUT2D eigenvalue weighted by molar-refractivity contribution is 5.24. The Morgan fingerprint density at radius 3 is 2.67 bits per heavy atom. The van der Waals surface area contributed by atoms with Crippen molar-refractivity contribution in [3.05, 3.63) is 17.0 Å². The topological polar surface area (TPSA) is 29.9 Å². The zero-order chi connectivity index (χ0) is 13.0. The SMILES string of the molecule is CCNCc1c(C)nn(CCC2CCCC2)c1C. The second-order valence-electron chi connectivity index (χ2n) is 5.59. The zero-order valence-electron chi connectivity index (χ0n) is 12.1. The summed E-state index contributed by atoms with van der Waals surface area (Å²) in [5.41, 5.74) is 3.94. The molecule has 18 heavy (non-hydrogen) atoms. The standard InChI is InChI=1S/C15H27N3/c1-4-16-11-15-12(2)17-18(13(15)3)10-9-14-7-5-6-8-14/h14,16H,4-11H2,1-3H3. The van der Waals surface area contributed by atoms with Gasteiger partial charge in [0, 0.05) is 24.3 Å². The van der Waals surface area contributed by atoms with Crippen LogP contribution in [0.25, 0.3) is 0 Å². The monoisotopic (exact) mass is 249 g/mol. The van der Waals surface area contributed by atoms with Crippen LogP contribution in [-0.2, 0) is 13.1 Å². The summed E-state index contributed by atoms with van der Waals surface area (Å²) in [5, 5.41) is 8.10. The first-order chi connectivity index (χ1) is 8.72. The first-order valence-corrected chi connectivity index (χ1v) is 7.46. The van der Waals surface area contributed by atoms with Crippen LogP contribution in [-0.4, -0.2) is 16.3 Å².